The monoisotopic (exact) mass is 140 g/mol. The molecule has 1 aromatic rings. The van der Waals surface area contributed by atoms with E-state index in [-0.39, 0.29) is 11.6 Å². The Bertz CT molecular complexity index is 265. The third kappa shape index (κ3) is 0.928. The number of hydrogen-bond donors (Lipinski definition) is 2. The summed E-state index contributed by atoms with van der Waals surface area (Å²) in [4.78, 5) is 11.7. The van der Waals surface area contributed by atoms with Crippen molar-refractivity contribution in [3.8, 4) is 0 Å². The van der Waals surface area contributed by atoms with Crippen molar-refractivity contribution >= 4 is 11.6 Å². The predicted molar refractivity (Wildman–Crippen MR) is 36.8 cm³/mol. The van der Waals surface area contributed by atoms with E-state index >= 15 is 0 Å². The molecule has 5 heteroatoms. The number of rotatable bonds is 1. The molecule has 0 aromatic carbocycles. The fourth-order valence-corrected chi connectivity index (χ4v) is 0.676. The molecule has 0 bridgehead atoms. The van der Waals surface area contributed by atoms with Gasteiger partial charge in [0.25, 0.3) is 0 Å². The number of nitrogens with two attached hydrogens (primary N) is 2. The standard InChI is InChI=1S/C5H8N4O/c1-3(10)4-2-5(6)8-9(4)7/h2H,7H2,1H3,(H2,6,8). The Balaban J connectivity index is 3.15. The van der Waals surface area contributed by atoms with E-state index in [1.807, 2.05) is 0 Å². The molecule has 54 valence electrons. The third-order valence-corrected chi connectivity index (χ3v) is 1.12. The van der Waals surface area contributed by atoms with Gasteiger partial charge in [0, 0.05) is 13.0 Å². The Labute approximate surface area is 57.6 Å². The first-order valence-corrected chi connectivity index (χ1v) is 2.73. The first-order chi connectivity index (χ1) is 4.61. The van der Waals surface area contributed by atoms with Crippen LogP contribution in [0, 0.1) is 0 Å². The van der Waals surface area contributed by atoms with E-state index in [1.54, 1.807) is 0 Å². The summed E-state index contributed by atoms with van der Waals surface area (Å²) in [5.74, 6) is 5.36. The van der Waals surface area contributed by atoms with Crippen LogP contribution < -0.4 is 11.6 Å². The molecule has 5 nitrogen and oxygen atoms in total. The molecule has 0 unspecified atom stereocenters. The van der Waals surface area contributed by atoms with Crippen molar-refractivity contribution in [2.45, 2.75) is 6.92 Å². The summed E-state index contributed by atoms with van der Waals surface area (Å²) in [7, 11) is 0. The minimum atomic E-state index is -0.147. The lowest BCUT2D eigenvalue weighted by molar-refractivity contribution is 0.101. The van der Waals surface area contributed by atoms with Crippen LogP contribution in [0.4, 0.5) is 5.82 Å². The van der Waals surface area contributed by atoms with E-state index in [9.17, 15) is 4.79 Å². The fourth-order valence-electron chi connectivity index (χ4n) is 0.676. The zero-order chi connectivity index (χ0) is 7.72. The number of hydrogen-bond acceptors (Lipinski definition) is 4. The normalized spacial score (nSPS) is 9.70. The summed E-state index contributed by atoms with van der Waals surface area (Å²) >= 11 is 0. The number of nitrogens with zero attached hydrogens (tertiary/aromatic N) is 2. The number of anilines is 1. The van der Waals surface area contributed by atoms with Gasteiger partial charge < -0.3 is 11.6 Å². The molecule has 0 radical (unpaired) electrons. The lowest BCUT2D eigenvalue weighted by Crippen LogP contribution is -2.16. The van der Waals surface area contributed by atoms with Gasteiger partial charge in [-0.25, -0.2) is 0 Å². The fraction of sp³-hybridized carbons (Fsp3) is 0.200. The summed E-state index contributed by atoms with van der Waals surface area (Å²) < 4.78 is 0. The second-order valence-corrected chi connectivity index (χ2v) is 1.96. The van der Waals surface area contributed by atoms with Crippen molar-refractivity contribution in [2.24, 2.45) is 0 Å². The van der Waals surface area contributed by atoms with Crippen LogP contribution in [0.15, 0.2) is 6.07 Å². The van der Waals surface area contributed by atoms with Crippen LogP contribution in [0.1, 0.15) is 17.4 Å². The SMILES string of the molecule is CC(=O)c1cc(N)nn1N. The van der Waals surface area contributed by atoms with Gasteiger partial charge in [-0.3, -0.25) is 4.79 Å². The van der Waals surface area contributed by atoms with Gasteiger partial charge in [0.15, 0.2) is 5.78 Å². The van der Waals surface area contributed by atoms with E-state index < -0.39 is 0 Å². The topological polar surface area (TPSA) is 86.9 Å². The predicted octanol–water partition coefficient (Wildman–Crippen LogP) is -0.618. The minimum absolute atomic E-state index is 0.147. The van der Waals surface area contributed by atoms with E-state index in [0.717, 1.165) is 4.79 Å². The first kappa shape index (κ1) is 6.60. The molecule has 0 fully saturated rings. The molecule has 1 heterocycles. The molecule has 1 rings (SSSR count). The minimum Gasteiger partial charge on any atom is -0.382 e. The van der Waals surface area contributed by atoms with Gasteiger partial charge in [-0.05, 0) is 0 Å². The number of nitrogen functional groups attached to an aromatic ring is 2. The van der Waals surface area contributed by atoms with Crippen molar-refractivity contribution in [3.05, 3.63) is 11.8 Å². The van der Waals surface area contributed by atoms with Crippen LogP contribution in [0.3, 0.4) is 0 Å². The maximum atomic E-state index is 10.7. The molecule has 10 heavy (non-hydrogen) atoms. The van der Waals surface area contributed by atoms with Crippen molar-refractivity contribution in [1.82, 2.24) is 9.89 Å². The quantitative estimate of drug-likeness (QED) is 0.402. The van der Waals surface area contributed by atoms with Crippen LogP contribution >= 0.6 is 0 Å². The molecular formula is C5H8N4O. The lowest BCUT2D eigenvalue weighted by atomic mass is 10.3. The Kier molecular flexibility index (Phi) is 1.33. The summed E-state index contributed by atoms with van der Waals surface area (Å²) in [6, 6.07) is 1.43. The van der Waals surface area contributed by atoms with E-state index in [0.29, 0.717) is 5.69 Å². The van der Waals surface area contributed by atoms with Crippen LogP contribution in [0.25, 0.3) is 0 Å². The maximum Gasteiger partial charge on any atom is 0.180 e. The highest BCUT2D eigenvalue weighted by atomic mass is 16.1. The Morgan fingerprint density at radius 2 is 2.40 bits per heavy atom. The molecular weight excluding hydrogens is 132 g/mol. The Morgan fingerprint density at radius 3 is 2.60 bits per heavy atom. The van der Waals surface area contributed by atoms with Gasteiger partial charge in [-0.1, -0.05) is 0 Å². The number of ketones is 1. The van der Waals surface area contributed by atoms with Gasteiger partial charge in [0.2, 0.25) is 0 Å². The van der Waals surface area contributed by atoms with Crippen molar-refractivity contribution in [2.75, 3.05) is 11.6 Å². The largest absolute Gasteiger partial charge is 0.382 e. The first-order valence-electron chi connectivity index (χ1n) is 2.73. The summed E-state index contributed by atoms with van der Waals surface area (Å²) in [6.45, 7) is 1.40. The van der Waals surface area contributed by atoms with Crippen molar-refractivity contribution in [1.29, 1.82) is 0 Å². The van der Waals surface area contributed by atoms with Gasteiger partial charge in [-0.2, -0.15) is 4.79 Å². The maximum absolute atomic E-state index is 10.7. The van der Waals surface area contributed by atoms with Crippen molar-refractivity contribution in [3.63, 3.8) is 0 Å². The third-order valence-electron chi connectivity index (χ3n) is 1.12. The summed E-state index contributed by atoms with van der Waals surface area (Å²) in [5.41, 5.74) is 5.57. The van der Waals surface area contributed by atoms with Crippen LogP contribution in [-0.2, 0) is 0 Å². The molecule has 4 N–H and O–H groups in total. The number of carbonyl (C=O) groups excluding carboxylic acids is 1. The van der Waals surface area contributed by atoms with E-state index in [4.69, 9.17) is 11.6 Å². The summed E-state index contributed by atoms with van der Waals surface area (Å²) in [5, 5.41) is 3.58. The highest BCUT2D eigenvalue weighted by Gasteiger charge is 2.06. The van der Waals surface area contributed by atoms with Gasteiger partial charge in [-0.15, -0.1) is 5.10 Å². The molecule has 0 saturated carbocycles. The van der Waals surface area contributed by atoms with Crippen LogP contribution in [-0.4, -0.2) is 15.7 Å². The second kappa shape index (κ2) is 2.02. The molecule has 0 amide bonds. The molecule has 0 aliphatic carbocycles. The molecule has 0 atom stereocenters. The number of aromatic nitrogens is 2. The molecule has 0 spiro atoms. The van der Waals surface area contributed by atoms with Gasteiger partial charge in [0.05, 0.1) is 0 Å². The molecule has 0 aliphatic rings. The molecule has 0 aliphatic heterocycles. The summed E-state index contributed by atoms with van der Waals surface area (Å²) in [6.07, 6.45) is 0. The highest BCUT2D eigenvalue weighted by Crippen LogP contribution is 2.02. The van der Waals surface area contributed by atoms with E-state index in [2.05, 4.69) is 5.10 Å². The van der Waals surface area contributed by atoms with Gasteiger partial charge in [0.1, 0.15) is 11.5 Å². The highest BCUT2D eigenvalue weighted by molar-refractivity contribution is 5.93. The number of Topliss-reactive ketones (excluding diaryl/α,β-unsaturated/α-hetero) is 1. The van der Waals surface area contributed by atoms with Gasteiger partial charge >= 0.3 is 0 Å². The number of carbonyl (C=O) groups is 1. The Morgan fingerprint density at radius 1 is 1.80 bits per heavy atom. The molecule has 0 saturated heterocycles. The average Bonchev–Trinajstić information content (AvgIpc) is 2.10. The average molecular weight is 140 g/mol. The van der Waals surface area contributed by atoms with E-state index in [1.165, 1.54) is 13.0 Å². The Hall–Kier alpha value is -1.52. The van der Waals surface area contributed by atoms with Crippen LogP contribution in [0.2, 0.25) is 0 Å². The second-order valence-electron chi connectivity index (χ2n) is 1.96. The molecule has 1 aromatic heterocycles. The van der Waals surface area contributed by atoms with Crippen molar-refractivity contribution < 1.29 is 4.79 Å². The van der Waals surface area contributed by atoms with Crippen LogP contribution in [0.5, 0.6) is 0 Å². The lowest BCUT2D eigenvalue weighted by Gasteiger charge is -1.92. The smallest absolute Gasteiger partial charge is 0.180 e. The zero-order valence-electron chi connectivity index (χ0n) is 5.53. The zero-order valence-corrected chi connectivity index (χ0v) is 5.53.